The van der Waals surface area contributed by atoms with Gasteiger partial charge in [-0.1, -0.05) is 12.1 Å². The normalized spacial score (nSPS) is 11.4. The Morgan fingerprint density at radius 3 is 2.56 bits per heavy atom. The fraction of sp³-hybridized carbons (Fsp3) is 0.167. The number of anilines is 1. The van der Waals surface area contributed by atoms with Crippen LogP contribution in [0.25, 0.3) is 5.65 Å². The number of benzene rings is 1. The molecule has 0 bridgehead atoms. The number of halogens is 3. The monoisotopic (exact) mass is 376 g/mol. The zero-order valence-electron chi connectivity index (χ0n) is 14.2. The van der Waals surface area contributed by atoms with E-state index in [1.54, 1.807) is 18.3 Å². The molecule has 0 saturated heterocycles. The summed E-state index contributed by atoms with van der Waals surface area (Å²) in [7, 11) is 0. The highest BCUT2D eigenvalue weighted by Crippen LogP contribution is 2.29. The summed E-state index contributed by atoms with van der Waals surface area (Å²) in [6, 6.07) is 7.24. The summed E-state index contributed by atoms with van der Waals surface area (Å²) in [6.45, 7) is 1.87. The van der Waals surface area contributed by atoms with Crippen molar-refractivity contribution < 1.29 is 18.0 Å². The minimum Gasteiger partial charge on any atom is -0.334 e. The largest absolute Gasteiger partial charge is 0.416 e. The van der Waals surface area contributed by atoms with Gasteiger partial charge >= 0.3 is 12.2 Å². The van der Waals surface area contributed by atoms with E-state index < -0.39 is 23.3 Å². The van der Waals surface area contributed by atoms with Crippen molar-refractivity contribution >= 4 is 17.4 Å². The first-order valence-electron chi connectivity index (χ1n) is 7.93. The second-order valence-corrected chi connectivity index (χ2v) is 5.91. The molecule has 0 saturated carbocycles. The van der Waals surface area contributed by atoms with Gasteiger partial charge in [-0.2, -0.15) is 13.2 Å². The summed E-state index contributed by atoms with van der Waals surface area (Å²) in [5, 5.41) is 4.88. The Labute approximate surface area is 151 Å². The first-order valence-corrected chi connectivity index (χ1v) is 7.93. The van der Waals surface area contributed by atoms with Crippen molar-refractivity contribution in [3.05, 3.63) is 75.8 Å². The summed E-state index contributed by atoms with van der Waals surface area (Å²) in [5.41, 5.74) is 0.668. The van der Waals surface area contributed by atoms with Crippen molar-refractivity contribution in [3.8, 4) is 0 Å². The highest BCUT2D eigenvalue weighted by atomic mass is 19.4. The Balaban J connectivity index is 1.66. The fourth-order valence-electron chi connectivity index (χ4n) is 2.42. The maximum Gasteiger partial charge on any atom is 0.416 e. The minimum atomic E-state index is -4.41. The van der Waals surface area contributed by atoms with E-state index in [1.165, 1.54) is 22.7 Å². The number of pyridine rings is 1. The number of aromatic nitrogens is 2. The van der Waals surface area contributed by atoms with Gasteiger partial charge in [-0.15, -0.1) is 0 Å². The van der Waals surface area contributed by atoms with E-state index in [-0.39, 0.29) is 12.2 Å². The first kappa shape index (κ1) is 18.4. The molecule has 0 aliphatic heterocycles. The lowest BCUT2D eigenvalue weighted by molar-refractivity contribution is -0.137. The van der Waals surface area contributed by atoms with E-state index in [9.17, 15) is 22.8 Å². The summed E-state index contributed by atoms with van der Waals surface area (Å²) in [4.78, 5) is 28.5. The second kappa shape index (κ2) is 7.10. The van der Waals surface area contributed by atoms with Gasteiger partial charge in [0, 0.05) is 12.7 Å². The number of fused-ring (bicyclic) bond motifs is 1. The quantitative estimate of drug-likeness (QED) is 0.736. The average Bonchev–Trinajstić information content (AvgIpc) is 2.62. The molecular formula is C18H15F3N4O2. The molecule has 0 aliphatic rings. The van der Waals surface area contributed by atoms with Crippen molar-refractivity contribution in [2.75, 3.05) is 5.32 Å². The summed E-state index contributed by atoms with van der Waals surface area (Å²) < 4.78 is 38.9. The van der Waals surface area contributed by atoms with Gasteiger partial charge in [-0.25, -0.2) is 9.78 Å². The third-order valence-corrected chi connectivity index (χ3v) is 3.85. The molecule has 1 aromatic carbocycles. The number of amides is 2. The van der Waals surface area contributed by atoms with Gasteiger partial charge in [0.25, 0.3) is 5.56 Å². The number of nitrogens with zero attached hydrogens (tertiary/aromatic N) is 2. The molecule has 2 amide bonds. The van der Waals surface area contributed by atoms with Gasteiger partial charge in [0.15, 0.2) is 0 Å². The molecule has 0 spiro atoms. The fourth-order valence-corrected chi connectivity index (χ4v) is 2.42. The Morgan fingerprint density at radius 1 is 1.19 bits per heavy atom. The number of alkyl halides is 3. The molecule has 6 nitrogen and oxygen atoms in total. The molecule has 27 heavy (non-hydrogen) atoms. The van der Waals surface area contributed by atoms with E-state index >= 15 is 0 Å². The van der Waals surface area contributed by atoms with Crippen LogP contribution in [0.1, 0.15) is 16.7 Å². The van der Waals surface area contributed by atoms with Gasteiger partial charge in [0.05, 0.1) is 11.8 Å². The first-order chi connectivity index (χ1) is 12.7. The second-order valence-electron chi connectivity index (χ2n) is 5.91. The summed E-state index contributed by atoms with van der Waals surface area (Å²) in [5.74, 6) is 0. The number of carbonyl (C=O) groups is 1. The van der Waals surface area contributed by atoms with E-state index in [0.717, 1.165) is 17.7 Å². The molecular weight excluding hydrogens is 361 g/mol. The summed E-state index contributed by atoms with van der Waals surface area (Å²) >= 11 is 0. The van der Waals surface area contributed by atoms with Crippen LogP contribution in [-0.4, -0.2) is 15.4 Å². The third-order valence-electron chi connectivity index (χ3n) is 3.85. The zero-order chi connectivity index (χ0) is 19.6. The lowest BCUT2D eigenvalue weighted by Crippen LogP contribution is -2.31. The number of aryl methyl sites for hydroxylation is 1. The summed E-state index contributed by atoms with van der Waals surface area (Å²) in [6.07, 6.45) is -1.59. The Kier molecular flexibility index (Phi) is 4.85. The molecule has 2 N–H and O–H groups in total. The van der Waals surface area contributed by atoms with E-state index in [0.29, 0.717) is 11.2 Å². The van der Waals surface area contributed by atoms with Crippen LogP contribution in [0.4, 0.5) is 23.7 Å². The van der Waals surface area contributed by atoms with Crippen LogP contribution < -0.4 is 16.2 Å². The SMILES string of the molecule is Cc1ccn2c(=O)c(NC(=O)NCc3ccc(C(F)(F)F)cc3)cnc2c1. The Hall–Kier alpha value is -3.36. The molecule has 3 aromatic rings. The third kappa shape index (κ3) is 4.25. The Morgan fingerprint density at radius 2 is 1.89 bits per heavy atom. The van der Waals surface area contributed by atoms with Crippen LogP contribution in [0.3, 0.4) is 0 Å². The lowest BCUT2D eigenvalue weighted by Gasteiger charge is -2.10. The molecule has 9 heteroatoms. The van der Waals surface area contributed by atoms with Crippen LogP contribution >= 0.6 is 0 Å². The maximum absolute atomic E-state index is 12.5. The molecule has 2 aromatic heterocycles. The smallest absolute Gasteiger partial charge is 0.334 e. The number of urea groups is 1. The molecule has 0 aliphatic carbocycles. The van der Waals surface area contributed by atoms with Crippen LogP contribution in [0.2, 0.25) is 0 Å². The van der Waals surface area contributed by atoms with E-state index in [4.69, 9.17) is 0 Å². The molecule has 0 fully saturated rings. The van der Waals surface area contributed by atoms with Crippen LogP contribution in [0.5, 0.6) is 0 Å². The number of rotatable bonds is 3. The molecule has 140 valence electrons. The molecule has 0 unspecified atom stereocenters. The highest BCUT2D eigenvalue weighted by molar-refractivity contribution is 5.88. The molecule has 0 atom stereocenters. The van der Waals surface area contributed by atoms with Crippen molar-refractivity contribution in [2.45, 2.75) is 19.6 Å². The van der Waals surface area contributed by atoms with Crippen LogP contribution in [0, 0.1) is 6.92 Å². The predicted octanol–water partition coefficient (Wildman–Crippen LogP) is 3.34. The maximum atomic E-state index is 12.5. The van der Waals surface area contributed by atoms with Crippen molar-refractivity contribution in [1.82, 2.24) is 14.7 Å². The predicted molar refractivity (Wildman–Crippen MR) is 93.5 cm³/mol. The topological polar surface area (TPSA) is 75.5 Å². The van der Waals surface area contributed by atoms with E-state index in [1.807, 2.05) is 6.92 Å². The van der Waals surface area contributed by atoms with Gasteiger partial charge in [-0.05, 0) is 42.3 Å². The average molecular weight is 376 g/mol. The molecule has 3 rings (SSSR count). The number of carbonyl (C=O) groups excluding carboxylic acids is 1. The van der Waals surface area contributed by atoms with Crippen molar-refractivity contribution in [3.63, 3.8) is 0 Å². The van der Waals surface area contributed by atoms with Gasteiger partial charge in [0.2, 0.25) is 0 Å². The van der Waals surface area contributed by atoms with Crippen LogP contribution in [0.15, 0.2) is 53.6 Å². The zero-order valence-corrected chi connectivity index (χ0v) is 14.2. The minimum absolute atomic E-state index is 0.00546. The van der Waals surface area contributed by atoms with E-state index in [2.05, 4.69) is 15.6 Å². The molecule has 2 heterocycles. The highest BCUT2D eigenvalue weighted by Gasteiger charge is 2.29. The van der Waals surface area contributed by atoms with Crippen molar-refractivity contribution in [2.24, 2.45) is 0 Å². The number of nitrogens with one attached hydrogen (secondary N) is 2. The number of hydrogen-bond acceptors (Lipinski definition) is 3. The van der Waals surface area contributed by atoms with Crippen LogP contribution in [-0.2, 0) is 12.7 Å². The lowest BCUT2D eigenvalue weighted by atomic mass is 10.1. The van der Waals surface area contributed by atoms with Gasteiger partial charge in [0.1, 0.15) is 11.3 Å². The van der Waals surface area contributed by atoms with Gasteiger partial charge < -0.3 is 10.6 Å². The van der Waals surface area contributed by atoms with Crippen molar-refractivity contribution in [1.29, 1.82) is 0 Å². The van der Waals surface area contributed by atoms with Gasteiger partial charge in [-0.3, -0.25) is 9.20 Å². The molecule has 0 radical (unpaired) electrons. The standard InChI is InChI=1S/C18H15F3N4O2/c1-11-6-7-25-15(8-11)22-10-14(16(25)26)24-17(27)23-9-12-2-4-13(5-3-12)18(19,20)21/h2-8,10H,9H2,1H3,(H2,23,24,27). The number of hydrogen-bond donors (Lipinski definition) is 2. The Bertz CT molecular complexity index is 1040.